The standard InChI is InChI=1S/C60H54O10P4/c1-65-49-19-7-13-25-55(49)72(62,56-26-14-8-20-50(56)66-2)46-37-31-43(32-38-46)71(61,44-33-39-47(40-34-44)73(63,57-27-15-9-21-51(57)67-3)58-28-16-10-22-52(58)68-4)45-35-41-48(42-36-45)74(64,59-29-17-11-23-53(59)69-5)60-30-18-12-24-54(60)70-6/h7-42H,1-6H3. The van der Waals surface area contributed by atoms with Crippen LogP contribution in [0.5, 0.6) is 34.5 Å². The second-order valence-corrected chi connectivity index (χ2v) is 27.9. The summed E-state index contributed by atoms with van der Waals surface area (Å²) >= 11 is 0. The normalized spacial score (nSPS) is 11.9. The molecule has 74 heavy (non-hydrogen) atoms. The first-order valence-electron chi connectivity index (χ1n) is 23.5. The van der Waals surface area contributed by atoms with Gasteiger partial charge in [0, 0.05) is 31.8 Å². The fraction of sp³-hybridized carbons (Fsp3) is 0.100. The van der Waals surface area contributed by atoms with Crippen LogP contribution < -0.4 is 92.1 Å². The summed E-state index contributed by atoms with van der Waals surface area (Å²) in [4.78, 5) is 0. The Morgan fingerprint density at radius 3 is 0.486 bits per heavy atom. The summed E-state index contributed by atoms with van der Waals surface area (Å²) in [5, 5.41) is 5.45. The van der Waals surface area contributed by atoms with Crippen LogP contribution in [0.2, 0.25) is 0 Å². The third kappa shape index (κ3) is 8.80. The van der Waals surface area contributed by atoms with E-state index in [0.717, 1.165) is 0 Å². The first kappa shape index (κ1) is 51.6. The highest BCUT2D eigenvalue weighted by molar-refractivity contribution is 7.87. The predicted molar refractivity (Wildman–Crippen MR) is 303 cm³/mol. The van der Waals surface area contributed by atoms with Crippen LogP contribution in [0, 0.1) is 0 Å². The predicted octanol–water partition coefficient (Wildman–Crippen LogP) is 8.30. The Balaban J connectivity index is 1.26. The number of hydrogen-bond donors (Lipinski definition) is 0. The molecule has 0 saturated carbocycles. The van der Waals surface area contributed by atoms with Crippen molar-refractivity contribution in [3.05, 3.63) is 218 Å². The quantitative estimate of drug-likeness (QED) is 0.0776. The molecule has 9 aromatic carbocycles. The smallest absolute Gasteiger partial charge is 0.178 e. The van der Waals surface area contributed by atoms with Crippen molar-refractivity contribution in [2.24, 2.45) is 0 Å². The minimum Gasteiger partial charge on any atom is -0.496 e. The van der Waals surface area contributed by atoms with Crippen LogP contribution in [0.3, 0.4) is 0 Å². The van der Waals surface area contributed by atoms with Gasteiger partial charge in [-0.15, -0.1) is 0 Å². The molecule has 0 bridgehead atoms. The van der Waals surface area contributed by atoms with Gasteiger partial charge in [0.1, 0.15) is 34.5 Å². The topological polar surface area (TPSA) is 124 Å². The average Bonchev–Trinajstić information content (AvgIpc) is 3.48. The lowest BCUT2D eigenvalue weighted by atomic mass is 10.3. The van der Waals surface area contributed by atoms with Gasteiger partial charge in [-0.2, -0.15) is 0 Å². The van der Waals surface area contributed by atoms with Crippen molar-refractivity contribution in [1.82, 2.24) is 0 Å². The molecule has 0 aliphatic rings. The summed E-state index contributed by atoms with van der Waals surface area (Å²) < 4.78 is 99.9. The van der Waals surface area contributed by atoms with Crippen molar-refractivity contribution in [2.75, 3.05) is 42.7 Å². The molecule has 10 nitrogen and oxygen atoms in total. The summed E-state index contributed by atoms with van der Waals surface area (Å²) in [5.74, 6) is 2.63. The zero-order valence-corrected chi connectivity index (χ0v) is 45.2. The van der Waals surface area contributed by atoms with Gasteiger partial charge in [0.25, 0.3) is 0 Å². The maximum absolute atomic E-state index is 16.8. The Kier molecular flexibility index (Phi) is 15.1. The molecule has 0 aromatic heterocycles. The van der Waals surface area contributed by atoms with Crippen LogP contribution in [0.25, 0.3) is 0 Å². The van der Waals surface area contributed by atoms with Crippen molar-refractivity contribution >= 4 is 92.2 Å². The Labute approximate surface area is 432 Å². The van der Waals surface area contributed by atoms with Crippen molar-refractivity contribution in [3.63, 3.8) is 0 Å². The molecule has 374 valence electrons. The van der Waals surface area contributed by atoms with Crippen LogP contribution in [-0.4, -0.2) is 42.7 Å². The molecule has 0 aliphatic carbocycles. The van der Waals surface area contributed by atoms with E-state index in [9.17, 15) is 0 Å². The Morgan fingerprint density at radius 1 is 0.203 bits per heavy atom. The fourth-order valence-electron chi connectivity index (χ4n) is 9.63. The van der Waals surface area contributed by atoms with Gasteiger partial charge in [-0.1, -0.05) is 146 Å². The number of benzene rings is 9. The van der Waals surface area contributed by atoms with Crippen molar-refractivity contribution in [3.8, 4) is 34.5 Å². The lowest BCUT2D eigenvalue weighted by Crippen LogP contribution is -2.31. The molecular formula is C60H54O10P4. The highest BCUT2D eigenvalue weighted by atomic mass is 31.2. The number of ether oxygens (including phenoxy) is 6. The Morgan fingerprint density at radius 2 is 0.338 bits per heavy atom. The van der Waals surface area contributed by atoms with Gasteiger partial charge in [-0.25, -0.2) is 0 Å². The van der Waals surface area contributed by atoms with Crippen LogP contribution >= 0.6 is 28.6 Å². The lowest BCUT2D eigenvalue weighted by Gasteiger charge is -2.26. The van der Waals surface area contributed by atoms with Crippen LogP contribution in [-0.2, 0) is 18.3 Å². The van der Waals surface area contributed by atoms with E-state index < -0.39 is 28.6 Å². The summed E-state index contributed by atoms with van der Waals surface area (Å²) in [7, 11) is -5.91. The Hall–Kier alpha value is -7.30. The monoisotopic (exact) mass is 1060 g/mol. The minimum absolute atomic E-state index is 0.420. The Bertz CT molecular complexity index is 3140. The van der Waals surface area contributed by atoms with Crippen LogP contribution in [0.1, 0.15) is 0 Å². The molecule has 9 rings (SSSR count). The summed E-state index contributed by atoms with van der Waals surface area (Å²) in [6.07, 6.45) is 0. The molecule has 0 radical (unpaired) electrons. The summed E-state index contributed by atoms with van der Waals surface area (Å²) in [6.45, 7) is 0. The van der Waals surface area contributed by atoms with Gasteiger partial charge in [-0.05, 0) is 72.8 Å². The zero-order chi connectivity index (χ0) is 52.1. The van der Waals surface area contributed by atoms with Crippen molar-refractivity contribution < 1.29 is 46.7 Å². The van der Waals surface area contributed by atoms with Gasteiger partial charge in [-0.3, -0.25) is 0 Å². The van der Waals surface area contributed by atoms with E-state index in [0.29, 0.717) is 98.2 Å². The van der Waals surface area contributed by atoms with E-state index in [1.807, 2.05) is 72.8 Å². The molecule has 0 heterocycles. The third-order valence-corrected chi connectivity index (χ3v) is 25.7. The van der Waals surface area contributed by atoms with Gasteiger partial charge in [0.05, 0.1) is 74.5 Å². The second-order valence-electron chi connectivity index (χ2n) is 17.0. The molecule has 0 atom stereocenters. The summed E-state index contributed by atoms with van der Waals surface area (Å²) in [5.41, 5.74) is 0. The molecule has 0 aliphatic heterocycles. The third-order valence-electron chi connectivity index (χ3n) is 13.3. The SMILES string of the molecule is COc1ccccc1P(=O)(c1ccc(P(=O)(c2ccc(P(=O)(c3ccccc3OC)c3ccccc3OC)cc2)c2ccc(P(=O)(c3ccccc3OC)c3ccccc3OC)cc2)cc1)c1ccccc1OC. The van der Waals surface area contributed by atoms with Crippen LogP contribution in [0.15, 0.2) is 218 Å². The largest absolute Gasteiger partial charge is 0.496 e. The van der Waals surface area contributed by atoms with Gasteiger partial charge < -0.3 is 46.7 Å². The number of hydrogen-bond acceptors (Lipinski definition) is 10. The number of methoxy groups -OCH3 is 6. The number of para-hydroxylation sites is 6. The van der Waals surface area contributed by atoms with Crippen LogP contribution in [0.4, 0.5) is 0 Å². The highest BCUT2D eigenvalue weighted by Gasteiger charge is 2.40. The molecule has 14 heteroatoms. The van der Waals surface area contributed by atoms with Crippen molar-refractivity contribution in [1.29, 1.82) is 0 Å². The second kappa shape index (κ2) is 21.7. The lowest BCUT2D eigenvalue weighted by molar-refractivity contribution is 0.416. The molecule has 0 fully saturated rings. The van der Waals surface area contributed by atoms with Gasteiger partial charge in [0.15, 0.2) is 28.6 Å². The van der Waals surface area contributed by atoms with E-state index in [1.165, 1.54) is 0 Å². The molecule has 0 spiro atoms. The van der Waals surface area contributed by atoms with E-state index >= 15 is 18.3 Å². The van der Waals surface area contributed by atoms with E-state index in [-0.39, 0.29) is 0 Å². The molecule has 0 N–H and O–H groups in total. The van der Waals surface area contributed by atoms with Gasteiger partial charge >= 0.3 is 0 Å². The maximum atomic E-state index is 16.8. The fourth-order valence-corrected chi connectivity index (χ4v) is 21.0. The maximum Gasteiger partial charge on any atom is 0.178 e. The van der Waals surface area contributed by atoms with E-state index in [2.05, 4.69) is 0 Å². The zero-order valence-electron chi connectivity index (χ0n) is 41.7. The average molecular weight is 1060 g/mol. The first-order chi connectivity index (χ1) is 36.0. The minimum atomic E-state index is -3.93. The molecule has 0 amide bonds. The molecule has 0 unspecified atom stereocenters. The highest BCUT2D eigenvalue weighted by Crippen LogP contribution is 2.52. The van der Waals surface area contributed by atoms with E-state index in [1.54, 1.807) is 188 Å². The van der Waals surface area contributed by atoms with Gasteiger partial charge in [0.2, 0.25) is 0 Å². The number of rotatable bonds is 18. The van der Waals surface area contributed by atoms with E-state index in [4.69, 9.17) is 28.4 Å². The molecule has 0 saturated heterocycles. The first-order valence-corrected chi connectivity index (χ1v) is 30.3. The van der Waals surface area contributed by atoms with Crippen molar-refractivity contribution in [2.45, 2.75) is 0 Å². The molecular weight excluding hydrogens is 1000 g/mol. The molecule has 9 aromatic rings. The summed E-state index contributed by atoms with van der Waals surface area (Å²) in [6, 6.07) is 64.2.